The average molecular weight is 245 g/mol. The van der Waals surface area contributed by atoms with Gasteiger partial charge in [0, 0.05) is 7.05 Å². The second-order valence-corrected chi connectivity index (χ2v) is 4.00. The van der Waals surface area contributed by atoms with Crippen LogP contribution in [0.25, 0.3) is 11.0 Å². The first-order valence-electron chi connectivity index (χ1n) is 4.68. The summed E-state index contributed by atoms with van der Waals surface area (Å²) in [5.74, 6) is 0. The molecular weight excluding hydrogens is 235 g/mol. The van der Waals surface area contributed by atoms with Gasteiger partial charge in [0.25, 0.3) is 0 Å². The number of fused-ring (bicyclic) bond motifs is 1. The summed E-state index contributed by atoms with van der Waals surface area (Å²) in [5, 5.41) is 4.87. The van der Waals surface area contributed by atoms with E-state index in [2.05, 4.69) is 22.0 Å². The van der Waals surface area contributed by atoms with Gasteiger partial charge >= 0.3 is 0 Å². The SMILES string of the molecule is CCCc1nn(C)c2c(Cl)nc(Cl)nc12. The van der Waals surface area contributed by atoms with Crippen LogP contribution in [0.15, 0.2) is 0 Å². The Kier molecular flexibility index (Phi) is 2.80. The molecule has 2 aromatic heterocycles. The van der Waals surface area contributed by atoms with Crippen molar-refractivity contribution >= 4 is 34.2 Å². The number of aryl methyl sites for hydroxylation is 2. The minimum absolute atomic E-state index is 0.165. The van der Waals surface area contributed by atoms with E-state index in [0.717, 1.165) is 29.6 Å². The lowest BCUT2D eigenvalue weighted by Crippen LogP contribution is -1.92. The van der Waals surface area contributed by atoms with Crippen LogP contribution in [0, 0.1) is 0 Å². The first-order chi connectivity index (χ1) is 7.13. The number of halogens is 2. The number of aromatic nitrogens is 4. The molecule has 0 fully saturated rings. The highest BCUT2D eigenvalue weighted by atomic mass is 35.5. The van der Waals surface area contributed by atoms with Gasteiger partial charge in [-0.15, -0.1) is 0 Å². The van der Waals surface area contributed by atoms with Crippen LogP contribution in [0.2, 0.25) is 10.4 Å². The fraction of sp³-hybridized carbons (Fsp3) is 0.444. The lowest BCUT2D eigenvalue weighted by molar-refractivity contribution is 0.752. The summed E-state index contributed by atoms with van der Waals surface area (Å²) in [5.41, 5.74) is 2.41. The van der Waals surface area contributed by atoms with E-state index in [9.17, 15) is 0 Å². The largest absolute Gasteiger partial charge is 0.263 e. The topological polar surface area (TPSA) is 43.6 Å². The van der Waals surface area contributed by atoms with Crippen LogP contribution >= 0.6 is 23.2 Å². The first-order valence-corrected chi connectivity index (χ1v) is 5.43. The predicted octanol–water partition coefficient (Wildman–Crippen LogP) is 2.62. The van der Waals surface area contributed by atoms with E-state index in [1.165, 1.54) is 0 Å². The van der Waals surface area contributed by atoms with E-state index in [-0.39, 0.29) is 5.28 Å². The fourth-order valence-corrected chi connectivity index (χ4v) is 2.08. The maximum absolute atomic E-state index is 5.98. The molecule has 2 aromatic rings. The monoisotopic (exact) mass is 244 g/mol. The van der Waals surface area contributed by atoms with Crippen LogP contribution in [0.3, 0.4) is 0 Å². The average Bonchev–Trinajstić information content (AvgIpc) is 2.43. The van der Waals surface area contributed by atoms with Gasteiger partial charge in [-0.05, 0) is 18.0 Å². The van der Waals surface area contributed by atoms with Crippen molar-refractivity contribution in [2.24, 2.45) is 7.05 Å². The number of nitrogens with zero attached hydrogens (tertiary/aromatic N) is 4. The van der Waals surface area contributed by atoms with Gasteiger partial charge in [-0.3, -0.25) is 4.68 Å². The Bertz CT molecular complexity index is 506. The summed E-state index contributed by atoms with van der Waals surface area (Å²) in [6.07, 6.45) is 1.87. The third-order valence-corrected chi connectivity index (χ3v) is 2.60. The molecule has 0 aromatic carbocycles. The van der Waals surface area contributed by atoms with Crippen LogP contribution in [-0.4, -0.2) is 19.7 Å². The van der Waals surface area contributed by atoms with E-state index in [1.807, 2.05) is 7.05 Å². The van der Waals surface area contributed by atoms with Crippen molar-refractivity contribution in [3.63, 3.8) is 0 Å². The van der Waals surface area contributed by atoms with Crippen molar-refractivity contribution in [2.75, 3.05) is 0 Å². The maximum Gasteiger partial charge on any atom is 0.224 e. The summed E-state index contributed by atoms with van der Waals surface area (Å²) in [6.45, 7) is 2.09. The molecule has 80 valence electrons. The van der Waals surface area contributed by atoms with Crippen LogP contribution < -0.4 is 0 Å². The van der Waals surface area contributed by atoms with Crippen molar-refractivity contribution < 1.29 is 0 Å². The van der Waals surface area contributed by atoms with Crippen molar-refractivity contribution in [2.45, 2.75) is 19.8 Å². The molecule has 2 heterocycles. The predicted molar refractivity (Wildman–Crippen MR) is 60.3 cm³/mol. The van der Waals surface area contributed by atoms with Gasteiger partial charge < -0.3 is 0 Å². The molecule has 0 spiro atoms. The van der Waals surface area contributed by atoms with Crippen molar-refractivity contribution in [1.29, 1.82) is 0 Å². The molecule has 0 aliphatic carbocycles. The van der Waals surface area contributed by atoms with Crippen LogP contribution in [-0.2, 0) is 13.5 Å². The molecule has 0 saturated carbocycles. The molecule has 0 atom stereocenters. The van der Waals surface area contributed by atoms with E-state index >= 15 is 0 Å². The zero-order valence-corrected chi connectivity index (χ0v) is 9.97. The molecule has 6 heteroatoms. The highest BCUT2D eigenvalue weighted by Crippen LogP contribution is 2.24. The third kappa shape index (κ3) is 1.79. The Morgan fingerprint density at radius 1 is 1.27 bits per heavy atom. The van der Waals surface area contributed by atoms with E-state index in [1.54, 1.807) is 4.68 Å². The van der Waals surface area contributed by atoms with Gasteiger partial charge in [0.05, 0.1) is 5.69 Å². The molecule has 0 N–H and O–H groups in total. The molecular formula is C9H10Cl2N4. The Hall–Kier alpha value is -0.870. The van der Waals surface area contributed by atoms with Crippen molar-refractivity contribution in [3.05, 3.63) is 16.1 Å². The minimum Gasteiger partial charge on any atom is -0.263 e. The standard InChI is InChI=1S/C9H10Cl2N4/c1-3-4-5-6-7(15(2)14-5)8(10)13-9(11)12-6/h3-4H2,1-2H3. The Morgan fingerprint density at radius 3 is 2.67 bits per heavy atom. The summed E-state index contributed by atoms with van der Waals surface area (Å²) in [7, 11) is 1.82. The van der Waals surface area contributed by atoms with Gasteiger partial charge in [-0.2, -0.15) is 5.10 Å². The normalized spacial score (nSPS) is 11.2. The van der Waals surface area contributed by atoms with Gasteiger partial charge in [0.2, 0.25) is 5.28 Å². The summed E-state index contributed by atoms with van der Waals surface area (Å²) in [6, 6.07) is 0. The Morgan fingerprint density at radius 2 is 2.00 bits per heavy atom. The second-order valence-electron chi connectivity index (χ2n) is 3.30. The van der Waals surface area contributed by atoms with Gasteiger partial charge in [0.15, 0.2) is 5.15 Å². The van der Waals surface area contributed by atoms with E-state index in [4.69, 9.17) is 23.2 Å². The lowest BCUT2D eigenvalue weighted by Gasteiger charge is -1.96. The Balaban J connectivity index is 2.75. The van der Waals surface area contributed by atoms with Crippen LogP contribution in [0.5, 0.6) is 0 Å². The van der Waals surface area contributed by atoms with Gasteiger partial charge in [-0.1, -0.05) is 24.9 Å². The molecule has 4 nitrogen and oxygen atoms in total. The molecule has 0 unspecified atom stereocenters. The van der Waals surface area contributed by atoms with Crippen molar-refractivity contribution in [1.82, 2.24) is 19.7 Å². The molecule has 0 aliphatic rings. The zero-order valence-electron chi connectivity index (χ0n) is 8.46. The molecule has 0 aliphatic heterocycles. The highest BCUT2D eigenvalue weighted by Gasteiger charge is 2.14. The minimum atomic E-state index is 0.165. The van der Waals surface area contributed by atoms with E-state index < -0.39 is 0 Å². The lowest BCUT2D eigenvalue weighted by atomic mass is 10.2. The quantitative estimate of drug-likeness (QED) is 0.603. The molecule has 0 radical (unpaired) electrons. The molecule has 0 amide bonds. The zero-order chi connectivity index (χ0) is 11.0. The van der Waals surface area contributed by atoms with Gasteiger partial charge in [-0.25, -0.2) is 9.97 Å². The highest BCUT2D eigenvalue weighted by molar-refractivity contribution is 6.35. The summed E-state index contributed by atoms with van der Waals surface area (Å²) in [4.78, 5) is 8.06. The smallest absolute Gasteiger partial charge is 0.224 e. The summed E-state index contributed by atoms with van der Waals surface area (Å²) < 4.78 is 1.69. The second kappa shape index (κ2) is 3.94. The molecule has 0 saturated heterocycles. The number of hydrogen-bond donors (Lipinski definition) is 0. The van der Waals surface area contributed by atoms with Crippen molar-refractivity contribution in [3.8, 4) is 0 Å². The Labute approximate surface area is 97.2 Å². The maximum atomic E-state index is 5.98. The van der Waals surface area contributed by atoms with Crippen LogP contribution in [0.1, 0.15) is 19.0 Å². The molecule has 0 bridgehead atoms. The number of rotatable bonds is 2. The molecule has 15 heavy (non-hydrogen) atoms. The number of hydrogen-bond acceptors (Lipinski definition) is 3. The third-order valence-electron chi connectivity index (χ3n) is 2.17. The van der Waals surface area contributed by atoms with E-state index in [0.29, 0.717) is 5.15 Å². The summed E-state index contributed by atoms with van der Waals surface area (Å²) >= 11 is 11.7. The van der Waals surface area contributed by atoms with Gasteiger partial charge in [0.1, 0.15) is 11.0 Å². The first kappa shape index (κ1) is 10.6. The van der Waals surface area contributed by atoms with Crippen LogP contribution in [0.4, 0.5) is 0 Å². The molecule has 2 rings (SSSR count). The fourth-order valence-electron chi connectivity index (χ4n) is 1.57.